The molecule has 1 aromatic carbocycles. The summed E-state index contributed by atoms with van der Waals surface area (Å²) in [6.45, 7) is 0. The van der Waals surface area contributed by atoms with E-state index >= 15 is 0 Å². The molecule has 1 heterocycles. The Morgan fingerprint density at radius 3 is 2.53 bits per heavy atom. The molecule has 0 spiro atoms. The van der Waals surface area contributed by atoms with Crippen molar-refractivity contribution in [3.63, 3.8) is 0 Å². The lowest BCUT2D eigenvalue weighted by Gasteiger charge is -2.10. The molecule has 2 aromatic rings. The van der Waals surface area contributed by atoms with E-state index < -0.39 is 0 Å². The molecule has 0 aliphatic carbocycles. The van der Waals surface area contributed by atoms with Gasteiger partial charge < -0.3 is 19.7 Å². The number of rotatable bonds is 3. The molecule has 1 aromatic heterocycles. The highest BCUT2D eigenvalue weighted by atomic mass is 79.9. The Labute approximate surface area is 107 Å². The molecule has 2 rings (SSSR count). The minimum atomic E-state index is 0.269. The first-order valence-corrected chi connectivity index (χ1v) is 5.59. The Balaban J connectivity index is 2.53. The minimum Gasteiger partial charge on any atom is -0.493 e. The number of anilines is 1. The summed E-state index contributed by atoms with van der Waals surface area (Å²) in [6.07, 6.45) is 0. The summed E-state index contributed by atoms with van der Waals surface area (Å²) in [5.74, 6) is 1.51. The monoisotopic (exact) mass is 298 g/mol. The number of nitrogen functional groups attached to an aromatic ring is 1. The first-order valence-electron chi connectivity index (χ1n) is 4.79. The van der Waals surface area contributed by atoms with Gasteiger partial charge in [-0.2, -0.15) is 0 Å². The Bertz CT molecular complexity index is 540. The molecular formula is C11H11BrN2O3. The molecule has 0 aliphatic rings. The molecule has 0 atom stereocenters. The van der Waals surface area contributed by atoms with Crippen LogP contribution in [0, 0.1) is 0 Å². The highest BCUT2D eigenvalue weighted by Gasteiger charge is 2.13. The molecule has 2 N–H and O–H groups in total. The molecule has 6 heteroatoms. The SMILES string of the molecule is COc1cc(-c2cc(N)on2)cc(Br)c1OC. The number of methoxy groups -OCH3 is 2. The van der Waals surface area contributed by atoms with E-state index in [2.05, 4.69) is 21.1 Å². The number of nitrogens with two attached hydrogens (primary N) is 1. The van der Waals surface area contributed by atoms with Crippen molar-refractivity contribution >= 4 is 21.8 Å². The standard InChI is InChI=1S/C11H11BrN2O3/c1-15-9-4-6(3-7(12)11(9)16-2)8-5-10(13)17-14-8/h3-5H,13H2,1-2H3. The fraction of sp³-hybridized carbons (Fsp3) is 0.182. The van der Waals surface area contributed by atoms with E-state index in [4.69, 9.17) is 19.7 Å². The largest absolute Gasteiger partial charge is 0.493 e. The first kappa shape index (κ1) is 11.8. The topological polar surface area (TPSA) is 70.5 Å². The summed E-state index contributed by atoms with van der Waals surface area (Å²) in [4.78, 5) is 0. The van der Waals surface area contributed by atoms with Crippen molar-refractivity contribution in [3.05, 3.63) is 22.7 Å². The van der Waals surface area contributed by atoms with Crippen LogP contribution in [0.25, 0.3) is 11.3 Å². The molecule has 0 bridgehead atoms. The van der Waals surface area contributed by atoms with Gasteiger partial charge in [-0.1, -0.05) is 5.16 Å². The van der Waals surface area contributed by atoms with Gasteiger partial charge in [0.1, 0.15) is 5.69 Å². The molecule has 90 valence electrons. The Morgan fingerprint density at radius 1 is 1.24 bits per heavy atom. The fourth-order valence-electron chi connectivity index (χ4n) is 1.49. The number of benzene rings is 1. The Hall–Kier alpha value is -1.69. The third-order valence-electron chi connectivity index (χ3n) is 2.26. The number of aromatic nitrogens is 1. The van der Waals surface area contributed by atoms with E-state index in [0.717, 1.165) is 10.0 Å². The van der Waals surface area contributed by atoms with Crippen LogP contribution in [-0.4, -0.2) is 19.4 Å². The molecular weight excluding hydrogens is 288 g/mol. The van der Waals surface area contributed by atoms with Crippen molar-refractivity contribution in [3.8, 4) is 22.8 Å². The second kappa shape index (κ2) is 4.67. The minimum absolute atomic E-state index is 0.269. The molecule has 0 amide bonds. The maximum Gasteiger partial charge on any atom is 0.222 e. The van der Waals surface area contributed by atoms with E-state index in [1.165, 1.54) is 0 Å². The van der Waals surface area contributed by atoms with E-state index in [9.17, 15) is 0 Å². The normalized spacial score (nSPS) is 10.3. The molecule has 17 heavy (non-hydrogen) atoms. The Morgan fingerprint density at radius 2 is 2.00 bits per heavy atom. The second-order valence-electron chi connectivity index (χ2n) is 3.31. The molecule has 0 saturated heterocycles. The molecule has 0 unspecified atom stereocenters. The van der Waals surface area contributed by atoms with Crippen LogP contribution in [-0.2, 0) is 0 Å². The number of halogens is 1. The van der Waals surface area contributed by atoms with Gasteiger partial charge >= 0.3 is 0 Å². The van der Waals surface area contributed by atoms with Gasteiger partial charge in [0, 0.05) is 11.6 Å². The summed E-state index contributed by atoms with van der Waals surface area (Å²) in [5.41, 5.74) is 6.96. The zero-order valence-electron chi connectivity index (χ0n) is 9.36. The lowest BCUT2D eigenvalue weighted by Crippen LogP contribution is -1.92. The van der Waals surface area contributed by atoms with Crippen LogP contribution < -0.4 is 15.2 Å². The van der Waals surface area contributed by atoms with Crippen molar-refractivity contribution in [1.29, 1.82) is 0 Å². The highest BCUT2D eigenvalue weighted by molar-refractivity contribution is 9.10. The third-order valence-corrected chi connectivity index (χ3v) is 2.85. The zero-order valence-corrected chi connectivity index (χ0v) is 10.9. The lowest BCUT2D eigenvalue weighted by molar-refractivity contribution is 0.353. The summed E-state index contributed by atoms with van der Waals surface area (Å²) in [6, 6.07) is 5.31. The lowest BCUT2D eigenvalue weighted by atomic mass is 10.1. The van der Waals surface area contributed by atoms with Gasteiger partial charge in [0.15, 0.2) is 11.5 Å². The maximum absolute atomic E-state index is 5.48. The summed E-state index contributed by atoms with van der Waals surface area (Å²) >= 11 is 3.41. The quantitative estimate of drug-likeness (QED) is 0.943. The summed E-state index contributed by atoms with van der Waals surface area (Å²) < 4.78 is 16.1. The molecule has 0 radical (unpaired) electrons. The summed E-state index contributed by atoms with van der Waals surface area (Å²) in [7, 11) is 3.15. The summed E-state index contributed by atoms with van der Waals surface area (Å²) in [5, 5.41) is 3.84. The van der Waals surface area contributed by atoms with E-state index in [-0.39, 0.29) is 5.88 Å². The van der Waals surface area contributed by atoms with Crippen molar-refractivity contribution in [2.24, 2.45) is 0 Å². The van der Waals surface area contributed by atoms with Gasteiger partial charge in [-0.05, 0) is 28.1 Å². The zero-order chi connectivity index (χ0) is 12.4. The average Bonchev–Trinajstić information content (AvgIpc) is 2.74. The van der Waals surface area contributed by atoms with Gasteiger partial charge in [0.05, 0.1) is 18.7 Å². The predicted octanol–water partition coefficient (Wildman–Crippen LogP) is 2.70. The van der Waals surface area contributed by atoms with E-state index in [0.29, 0.717) is 17.2 Å². The highest BCUT2D eigenvalue weighted by Crippen LogP contribution is 2.39. The van der Waals surface area contributed by atoms with E-state index in [1.54, 1.807) is 26.4 Å². The number of hydrogen-bond donors (Lipinski definition) is 1. The van der Waals surface area contributed by atoms with Crippen molar-refractivity contribution in [1.82, 2.24) is 5.16 Å². The van der Waals surface area contributed by atoms with Crippen LogP contribution in [0.3, 0.4) is 0 Å². The Kier molecular flexibility index (Phi) is 3.23. The van der Waals surface area contributed by atoms with E-state index in [1.807, 2.05) is 6.07 Å². The van der Waals surface area contributed by atoms with Crippen LogP contribution in [0.4, 0.5) is 5.88 Å². The van der Waals surface area contributed by atoms with Crippen molar-refractivity contribution in [2.75, 3.05) is 20.0 Å². The average molecular weight is 299 g/mol. The van der Waals surface area contributed by atoms with Gasteiger partial charge in [0.2, 0.25) is 5.88 Å². The first-order chi connectivity index (χ1) is 8.15. The molecule has 0 fully saturated rings. The fourth-order valence-corrected chi connectivity index (χ4v) is 2.10. The van der Waals surface area contributed by atoms with Crippen LogP contribution in [0.15, 0.2) is 27.2 Å². The van der Waals surface area contributed by atoms with Crippen LogP contribution in [0.2, 0.25) is 0 Å². The smallest absolute Gasteiger partial charge is 0.222 e. The van der Waals surface area contributed by atoms with Crippen molar-refractivity contribution < 1.29 is 14.0 Å². The van der Waals surface area contributed by atoms with Crippen LogP contribution in [0.5, 0.6) is 11.5 Å². The van der Waals surface area contributed by atoms with Gasteiger partial charge in [-0.3, -0.25) is 0 Å². The van der Waals surface area contributed by atoms with Crippen LogP contribution >= 0.6 is 15.9 Å². The van der Waals surface area contributed by atoms with Gasteiger partial charge in [-0.15, -0.1) is 0 Å². The third kappa shape index (κ3) is 2.21. The van der Waals surface area contributed by atoms with Crippen LogP contribution in [0.1, 0.15) is 0 Å². The van der Waals surface area contributed by atoms with Gasteiger partial charge in [0.25, 0.3) is 0 Å². The van der Waals surface area contributed by atoms with Gasteiger partial charge in [-0.25, -0.2) is 0 Å². The number of hydrogen-bond acceptors (Lipinski definition) is 5. The predicted molar refractivity (Wildman–Crippen MR) is 67.2 cm³/mol. The second-order valence-corrected chi connectivity index (χ2v) is 4.16. The maximum atomic E-state index is 5.48. The van der Waals surface area contributed by atoms with Crippen molar-refractivity contribution in [2.45, 2.75) is 0 Å². The molecule has 5 nitrogen and oxygen atoms in total. The number of nitrogens with zero attached hydrogens (tertiary/aromatic N) is 1. The molecule has 0 aliphatic heterocycles. The molecule has 0 saturated carbocycles. The number of ether oxygens (including phenoxy) is 2.